The molecule has 112 valence electrons. The van der Waals surface area contributed by atoms with Crippen LogP contribution in [0.2, 0.25) is 0 Å². The van der Waals surface area contributed by atoms with E-state index in [1.54, 1.807) is 6.07 Å². The highest BCUT2D eigenvalue weighted by molar-refractivity contribution is 7.89. The van der Waals surface area contributed by atoms with Gasteiger partial charge in [-0.3, -0.25) is 4.79 Å². The number of carbonyl (C=O) groups excluding carboxylic acids is 1. The Kier molecular flexibility index (Phi) is 4.76. The van der Waals surface area contributed by atoms with Crippen molar-refractivity contribution in [3.63, 3.8) is 0 Å². The molecule has 0 spiro atoms. The van der Waals surface area contributed by atoms with E-state index in [0.717, 1.165) is 10.4 Å². The van der Waals surface area contributed by atoms with Crippen LogP contribution in [0.3, 0.4) is 0 Å². The second kappa shape index (κ2) is 6.38. The second-order valence-corrected chi connectivity index (χ2v) is 7.41. The summed E-state index contributed by atoms with van der Waals surface area (Å²) in [6.07, 6.45) is 0.278. The second-order valence-electron chi connectivity index (χ2n) is 4.49. The van der Waals surface area contributed by atoms with E-state index in [0.29, 0.717) is 5.69 Å². The predicted octanol–water partition coefficient (Wildman–Crippen LogP) is 2.15. The molecule has 0 saturated heterocycles. The van der Waals surface area contributed by atoms with E-state index in [1.165, 1.54) is 30.5 Å². The van der Waals surface area contributed by atoms with Crippen LogP contribution in [0.4, 0.5) is 5.69 Å². The summed E-state index contributed by atoms with van der Waals surface area (Å²) in [4.78, 5) is 13.1. The van der Waals surface area contributed by atoms with E-state index in [-0.39, 0.29) is 17.2 Å². The summed E-state index contributed by atoms with van der Waals surface area (Å²) in [5.74, 6) is -0.167. The highest BCUT2D eigenvalue weighted by atomic mass is 32.2. The van der Waals surface area contributed by atoms with Gasteiger partial charge in [-0.1, -0.05) is 12.1 Å². The summed E-state index contributed by atoms with van der Waals surface area (Å²) in [6, 6.07) is 8.42. The van der Waals surface area contributed by atoms with Gasteiger partial charge in [0, 0.05) is 10.6 Å². The van der Waals surface area contributed by atoms with Crippen LogP contribution in [0.15, 0.2) is 40.6 Å². The summed E-state index contributed by atoms with van der Waals surface area (Å²) in [6.45, 7) is 1.82. The van der Waals surface area contributed by atoms with Crippen molar-refractivity contribution in [2.24, 2.45) is 0 Å². The van der Waals surface area contributed by atoms with E-state index in [4.69, 9.17) is 0 Å². The summed E-state index contributed by atoms with van der Waals surface area (Å²) < 4.78 is 25.8. The number of benzene rings is 1. The lowest BCUT2D eigenvalue weighted by Gasteiger charge is -2.10. The first-order valence-electron chi connectivity index (χ1n) is 6.29. The molecule has 0 saturated carbocycles. The lowest BCUT2D eigenvalue weighted by molar-refractivity contribution is -0.115. The number of rotatable bonds is 5. The number of sulfonamides is 1. The summed E-state index contributed by atoms with van der Waals surface area (Å²) in [5.41, 5.74) is 1.32. The van der Waals surface area contributed by atoms with Crippen molar-refractivity contribution >= 4 is 33.0 Å². The van der Waals surface area contributed by atoms with Gasteiger partial charge in [0.15, 0.2) is 0 Å². The molecule has 2 rings (SSSR count). The van der Waals surface area contributed by atoms with Crippen molar-refractivity contribution in [1.29, 1.82) is 0 Å². The fraction of sp³-hybridized carbons (Fsp3) is 0.214. The van der Waals surface area contributed by atoms with Gasteiger partial charge >= 0.3 is 0 Å². The van der Waals surface area contributed by atoms with Gasteiger partial charge in [0.1, 0.15) is 0 Å². The number of hydrogen-bond acceptors (Lipinski definition) is 4. The molecule has 5 nitrogen and oxygen atoms in total. The highest BCUT2D eigenvalue weighted by Crippen LogP contribution is 2.20. The molecule has 0 aliphatic rings. The molecule has 2 aromatic rings. The average Bonchev–Trinajstić information content (AvgIpc) is 2.93. The van der Waals surface area contributed by atoms with Crippen LogP contribution in [0.5, 0.6) is 0 Å². The highest BCUT2D eigenvalue weighted by Gasteiger charge is 2.14. The first kappa shape index (κ1) is 15.7. The minimum Gasteiger partial charge on any atom is -0.325 e. The fourth-order valence-corrected chi connectivity index (χ4v) is 3.25. The summed E-state index contributed by atoms with van der Waals surface area (Å²) >= 11 is 1.51. The Labute approximate surface area is 128 Å². The monoisotopic (exact) mass is 324 g/mol. The number of hydrogen-bond donors (Lipinski definition) is 2. The zero-order valence-corrected chi connectivity index (χ0v) is 13.3. The van der Waals surface area contributed by atoms with Gasteiger partial charge in [-0.15, -0.1) is 11.3 Å². The Morgan fingerprint density at radius 2 is 2.05 bits per heavy atom. The Hall–Kier alpha value is -1.70. The van der Waals surface area contributed by atoms with Gasteiger partial charge in [-0.2, -0.15) is 0 Å². The maximum atomic E-state index is 12.0. The molecule has 7 heteroatoms. The molecule has 1 amide bonds. The van der Waals surface area contributed by atoms with Crippen LogP contribution in [0.25, 0.3) is 0 Å². The smallest absolute Gasteiger partial charge is 0.240 e. The van der Waals surface area contributed by atoms with Gasteiger partial charge in [-0.25, -0.2) is 13.1 Å². The summed E-state index contributed by atoms with van der Waals surface area (Å²) in [7, 11) is -2.17. The van der Waals surface area contributed by atoms with Crippen LogP contribution in [-0.4, -0.2) is 21.4 Å². The van der Waals surface area contributed by atoms with Crippen LogP contribution in [0.1, 0.15) is 10.4 Å². The van der Waals surface area contributed by atoms with Gasteiger partial charge < -0.3 is 5.32 Å². The third-order valence-electron chi connectivity index (χ3n) is 2.98. The van der Waals surface area contributed by atoms with E-state index < -0.39 is 10.0 Å². The predicted molar refractivity (Wildman–Crippen MR) is 84.1 cm³/mol. The summed E-state index contributed by atoms with van der Waals surface area (Å²) in [5, 5.41) is 4.67. The Balaban J connectivity index is 2.19. The van der Waals surface area contributed by atoms with E-state index >= 15 is 0 Å². The quantitative estimate of drug-likeness (QED) is 0.885. The maximum Gasteiger partial charge on any atom is 0.240 e. The van der Waals surface area contributed by atoms with Crippen molar-refractivity contribution in [3.8, 4) is 0 Å². The standard InChI is InChI=1S/C14H16N2O3S2/c1-10-5-6-12(21(18,19)15-2)9-13(10)16-14(17)8-11-4-3-7-20-11/h3-7,9,15H,8H2,1-2H3,(H,16,17). The lowest BCUT2D eigenvalue weighted by Crippen LogP contribution is -2.19. The van der Waals surface area contributed by atoms with Crippen molar-refractivity contribution in [1.82, 2.24) is 4.72 Å². The minimum atomic E-state index is -3.52. The topological polar surface area (TPSA) is 75.3 Å². The number of nitrogens with one attached hydrogen (secondary N) is 2. The SMILES string of the molecule is CNS(=O)(=O)c1ccc(C)c(NC(=O)Cc2cccs2)c1. The Morgan fingerprint density at radius 1 is 1.29 bits per heavy atom. The van der Waals surface area contributed by atoms with Crippen LogP contribution >= 0.6 is 11.3 Å². The molecule has 1 heterocycles. The number of amides is 1. The van der Waals surface area contributed by atoms with Gasteiger partial charge in [0.2, 0.25) is 15.9 Å². The molecule has 0 radical (unpaired) electrons. The first-order valence-corrected chi connectivity index (χ1v) is 8.65. The zero-order valence-electron chi connectivity index (χ0n) is 11.7. The molecule has 0 aliphatic heterocycles. The molecule has 2 N–H and O–H groups in total. The normalized spacial score (nSPS) is 11.3. The Morgan fingerprint density at radius 3 is 2.67 bits per heavy atom. The number of aryl methyl sites for hydroxylation is 1. The van der Waals surface area contributed by atoms with Crippen molar-refractivity contribution in [2.75, 3.05) is 12.4 Å². The molecular weight excluding hydrogens is 308 g/mol. The average molecular weight is 324 g/mol. The van der Waals surface area contributed by atoms with Crippen molar-refractivity contribution in [2.45, 2.75) is 18.2 Å². The zero-order chi connectivity index (χ0) is 15.5. The van der Waals surface area contributed by atoms with Crippen molar-refractivity contribution < 1.29 is 13.2 Å². The molecule has 1 aromatic carbocycles. The Bertz CT molecular complexity index is 738. The van der Waals surface area contributed by atoms with Crippen LogP contribution in [-0.2, 0) is 21.2 Å². The molecule has 21 heavy (non-hydrogen) atoms. The van der Waals surface area contributed by atoms with E-state index in [2.05, 4.69) is 10.0 Å². The molecule has 1 aromatic heterocycles. The largest absolute Gasteiger partial charge is 0.325 e. The number of thiophene rings is 1. The third kappa shape index (κ3) is 3.90. The maximum absolute atomic E-state index is 12.0. The molecule has 0 fully saturated rings. The molecule has 0 atom stereocenters. The number of anilines is 1. The van der Waals surface area contributed by atoms with E-state index in [9.17, 15) is 13.2 Å². The van der Waals surface area contributed by atoms with Crippen LogP contribution < -0.4 is 10.0 Å². The fourth-order valence-electron chi connectivity index (χ4n) is 1.79. The molecule has 0 bridgehead atoms. The van der Waals surface area contributed by atoms with Crippen LogP contribution in [0, 0.1) is 6.92 Å². The first-order chi connectivity index (χ1) is 9.92. The van der Waals surface area contributed by atoms with Crippen molar-refractivity contribution in [3.05, 3.63) is 46.2 Å². The number of carbonyl (C=O) groups is 1. The van der Waals surface area contributed by atoms with Gasteiger partial charge in [-0.05, 0) is 43.1 Å². The third-order valence-corrected chi connectivity index (χ3v) is 5.27. The van der Waals surface area contributed by atoms with Gasteiger partial charge in [0.05, 0.1) is 11.3 Å². The molecule has 0 unspecified atom stereocenters. The van der Waals surface area contributed by atoms with E-state index in [1.807, 2.05) is 24.4 Å². The molecular formula is C14H16N2O3S2. The van der Waals surface area contributed by atoms with Gasteiger partial charge in [0.25, 0.3) is 0 Å². The molecule has 0 aliphatic carbocycles. The lowest BCUT2D eigenvalue weighted by atomic mass is 10.2. The minimum absolute atomic E-state index is 0.127.